The zero-order valence-corrected chi connectivity index (χ0v) is 22.7. The highest BCUT2D eigenvalue weighted by atomic mass is 32.2. The molecule has 0 spiro atoms. The Hall–Kier alpha value is -2.74. The van der Waals surface area contributed by atoms with Crippen molar-refractivity contribution in [2.24, 2.45) is 5.92 Å². The predicted octanol–water partition coefficient (Wildman–Crippen LogP) is 1.67. The van der Waals surface area contributed by atoms with Crippen LogP contribution in [-0.2, 0) is 31.3 Å². The van der Waals surface area contributed by atoms with Crippen molar-refractivity contribution in [2.45, 2.75) is 37.3 Å². The van der Waals surface area contributed by atoms with Gasteiger partial charge in [0.15, 0.2) is 0 Å². The van der Waals surface area contributed by atoms with Gasteiger partial charge in [0, 0.05) is 30.8 Å². The molecule has 2 aromatic rings. The number of anilines is 1. The lowest BCUT2D eigenvalue weighted by molar-refractivity contribution is -0.134. The Bertz CT molecular complexity index is 1330. The molecule has 3 rings (SSSR count). The second-order valence-electron chi connectivity index (χ2n) is 9.31. The van der Waals surface area contributed by atoms with Gasteiger partial charge in [-0.25, -0.2) is 25.5 Å². The number of likely N-dealkylation sites (N-methyl/N-ethyl adjacent to an activating group) is 1. The SMILES string of the molecule is C[C@@H]1CN([C@@H](C)CO)C(=O)Cc2cc(NS(=O)(=O)c3ccc(F)cc3)ccc2O[C@@H]1CN(C)S(C)(=O)=O. The van der Waals surface area contributed by atoms with E-state index in [2.05, 4.69) is 4.72 Å². The van der Waals surface area contributed by atoms with Gasteiger partial charge in [-0.15, -0.1) is 0 Å². The van der Waals surface area contributed by atoms with E-state index in [1.165, 1.54) is 34.5 Å². The van der Waals surface area contributed by atoms with Gasteiger partial charge in [-0.3, -0.25) is 9.52 Å². The molecule has 0 unspecified atom stereocenters. The van der Waals surface area contributed by atoms with Crippen LogP contribution >= 0.6 is 0 Å². The topological polar surface area (TPSA) is 133 Å². The first-order valence-corrected chi connectivity index (χ1v) is 14.9. The maximum atomic E-state index is 13.2. The van der Waals surface area contributed by atoms with E-state index in [0.717, 1.165) is 30.5 Å². The number of hydrogen-bond acceptors (Lipinski definition) is 7. The molecule has 2 aromatic carbocycles. The van der Waals surface area contributed by atoms with Gasteiger partial charge in [0.25, 0.3) is 10.0 Å². The summed E-state index contributed by atoms with van der Waals surface area (Å²) < 4.78 is 72.7. The summed E-state index contributed by atoms with van der Waals surface area (Å²) in [6.45, 7) is 3.52. The summed E-state index contributed by atoms with van der Waals surface area (Å²) in [4.78, 5) is 14.6. The third-order valence-electron chi connectivity index (χ3n) is 6.30. The number of nitrogens with one attached hydrogen (secondary N) is 1. The average molecular weight is 558 g/mol. The summed E-state index contributed by atoms with van der Waals surface area (Å²) >= 11 is 0. The number of aliphatic hydroxyl groups excluding tert-OH is 1. The quantitative estimate of drug-likeness (QED) is 0.504. The number of carbonyl (C=O) groups is 1. The third-order valence-corrected chi connectivity index (χ3v) is 8.97. The summed E-state index contributed by atoms with van der Waals surface area (Å²) in [7, 11) is -6.10. The average Bonchev–Trinajstić information content (AvgIpc) is 2.86. The Morgan fingerprint density at radius 1 is 1.19 bits per heavy atom. The molecule has 3 atom stereocenters. The van der Waals surface area contributed by atoms with Gasteiger partial charge >= 0.3 is 0 Å². The van der Waals surface area contributed by atoms with E-state index in [4.69, 9.17) is 4.74 Å². The maximum absolute atomic E-state index is 13.2. The smallest absolute Gasteiger partial charge is 0.261 e. The monoisotopic (exact) mass is 557 g/mol. The highest BCUT2D eigenvalue weighted by Crippen LogP contribution is 2.30. The number of ether oxygens (including phenoxy) is 1. The number of halogens is 1. The standard InChI is InChI=1S/C24H32FN3O7S2/c1-16-13-28(17(2)15-29)24(30)12-18-11-20(26-37(33,34)21-8-5-19(25)6-9-21)7-10-22(18)35-23(16)14-27(3)36(4,31)32/h5-11,16-17,23,26,29H,12-15H2,1-4H3/t16-,17+,23-/m1/s1. The molecule has 0 aromatic heterocycles. The van der Waals surface area contributed by atoms with Crippen LogP contribution in [0.2, 0.25) is 0 Å². The highest BCUT2D eigenvalue weighted by Gasteiger charge is 2.32. The first-order chi connectivity index (χ1) is 17.2. The van der Waals surface area contributed by atoms with Crippen LogP contribution in [0.4, 0.5) is 10.1 Å². The van der Waals surface area contributed by atoms with Crippen LogP contribution in [0, 0.1) is 11.7 Å². The lowest BCUT2D eigenvalue weighted by atomic mass is 10.0. The first kappa shape index (κ1) is 28.8. The van der Waals surface area contributed by atoms with Crippen molar-refractivity contribution in [1.82, 2.24) is 9.21 Å². The van der Waals surface area contributed by atoms with Crippen LogP contribution in [0.3, 0.4) is 0 Å². The molecule has 37 heavy (non-hydrogen) atoms. The van der Waals surface area contributed by atoms with Crippen LogP contribution in [0.5, 0.6) is 5.75 Å². The van der Waals surface area contributed by atoms with Gasteiger partial charge in [-0.2, -0.15) is 0 Å². The largest absolute Gasteiger partial charge is 0.488 e. The fourth-order valence-electron chi connectivity index (χ4n) is 3.93. The second kappa shape index (κ2) is 11.3. The Kier molecular flexibility index (Phi) is 8.83. The minimum absolute atomic E-state index is 0.0217. The van der Waals surface area contributed by atoms with Gasteiger partial charge in [0.2, 0.25) is 15.9 Å². The maximum Gasteiger partial charge on any atom is 0.261 e. The van der Waals surface area contributed by atoms with Crippen molar-refractivity contribution in [3.05, 3.63) is 53.8 Å². The van der Waals surface area contributed by atoms with Crippen molar-refractivity contribution in [1.29, 1.82) is 0 Å². The number of sulfonamides is 2. The second-order valence-corrected chi connectivity index (χ2v) is 13.1. The first-order valence-electron chi connectivity index (χ1n) is 11.6. The number of nitrogens with zero attached hydrogens (tertiary/aromatic N) is 2. The number of carbonyl (C=O) groups excluding carboxylic acids is 1. The van der Waals surface area contributed by atoms with Gasteiger partial charge in [-0.05, 0) is 49.4 Å². The van der Waals surface area contributed by atoms with Crippen molar-refractivity contribution in [3.8, 4) is 5.75 Å². The zero-order chi connectivity index (χ0) is 27.5. The van der Waals surface area contributed by atoms with E-state index < -0.39 is 38.0 Å². The van der Waals surface area contributed by atoms with Crippen LogP contribution in [-0.4, -0.2) is 82.2 Å². The number of fused-ring (bicyclic) bond motifs is 1. The number of benzene rings is 2. The molecule has 0 aliphatic carbocycles. The van der Waals surface area contributed by atoms with Gasteiger partial charge in [0.05, 0.1) is 36.8 Å². The molecular formula is C24H32FN3O7S2. The molecule has 10 nitrogen and oxygen atoms in total. The molecule has 0 saturated carbocycles. The van der Waals surface area contributed by atoms with Crippen LogP contribution < -0.4 is 9.46 Å². The summed E-state index contributed by atoms with van der Waals surface area (Å²) in [6, 6.07) is 8.33. The van der Waals surface area contributed by atoms with E-state index in [0.29, 0.717) is 11.3 Å². The number of amides is 1. The van der Waals surface area contributed by atoms with Crippen molar-refractivity contribution < 1.29 is 35.9 Å². The number of aliphatic hydroxyl groups is 1. The fourth-order valence-corrected chi connectivity index (χ4v) is 5.39. The molecule has 0 radical (unpaired) electrons. The van der Waals surface area contributed by atoms with E-state index in [1.54, 1.807) is 6.92 Å². The van der Waals surface area contributed by atoms with Crippen molar-refractivity contribution >= 4 is 31.6 Å². The molecule has 0 fully saturated rings. The Morgan fingerprint density at radius 2 is 1.84 bits per heavy atom. The molecule has 204 valence electrons. The summed E-state index contributed by atoms with van der Waals surface area (Å²) in [5.41, 5.74) is 0.555. The lowest BCUT2D eigenvalue weighted by Gasteiger charge is -2.33. The molecule has 1 heterocycles. The van der Waals surface area contributed by atoms with E-state index >= 15 is 0 Å². The molecule has 2 N–H and O–H groups in total. The molecule has 1 aliphatic heterocycles. The normalized spacial score (nSPS) is 19.9. The Labute approximate surface area is 217 Å². The Balaban J connectivity index is 1.99. The minimum Gasteiger partial charge on any atom is -0.488 e. The predicted molar refractivity (Wildman–Crippen MR) is 137 cm³/mol. The van der Waals surface area contributed by atoms with Crippen LogP contribution in [0.1, 0.15) is 19.4 Å². The lowest BCUT2D eigenvalue weighted by Crippen LogP contribution is -2.48. The molecule has 0 saturated heterocycles. The summed E-state index contributed by atoms with van der Waals surface area (Å²) in [5, 5.41) is 9.72. The Morgan fingerprint density at radius 3 is 2.43 bits per heavy atom. The van der Waals surface area contributed by atoms with Crippen LogP contribution in [0.25, 0.3) is 0 Å². The third kappa shape index (κ3) is 7.18. The van der Waals surface area contributed by atoms with Crippen molar-refractivity contribution in [2.75, 3.05) is 37.7 Å². The number of hydrogen-bond donors (Lipinski definition) is 2. The summed E-state index contributed by atoms with van der Waals surface area (Å²) in [6.07, 6.45) is 0.316. The molecular weight excluding hydrogens is 525 g/mol. The number of rotatable bonds is 8. The van der Waals surface area contributed by atoms with Crippen molar-refractivity contribution in [3.63, 3.8) is 0 Å². The molecule has 1 amide bonds. The molecule has 1 aliphatic rings. The highest BCUT2D eigenvalue weighted by molar-refractivity contribution is 7.92. The van der Waals surface area contributed by atoms with E-state index in [1.807, 2.05) is 6.92 Å². The van der Waals surface area contributed by atoms with Gasteiger partial charge < -0.3 is 14.7 Å². The van der Waals surface area contributed by atoms with Gasteiger partial charge in [0.1, 0.15) is 17.7 Å². The fraction of sp³-hybridized carbons (Fsp3) is 0.458. The zero-order valence-electron chi connectivity index (χ0n) is 21.1. The minimum atomic E-state index is -4.03. The summed E-state index contributed by atoms with van der Waals surface area (Å²) in [5.74, 6) is -0.854. The molecule has 0 bridgehead atoms. The van der Waals surface area contributed by atoms with Gasteiger partial charge in [-0.1, -0.05) is 6.92 Å². The molecule has 13 heteroatoms. The van der Waals surface area contributed by atoms with Crippen LogP contribution in [0.15, 0.2) is 47.4 Å². The van der Waals surface area contributed by atoms with E-state index in [-0.39, 0.29) is 48.5 Å². The van der Waals surface area contributed by atoms with E-state index in [9.17, 15) is 31.1 Å².